The largest absolute Gasteiger partial charge is 0.356 e. The predicted octanol–water partition coefficient (Wildman–Crippen LogP) is 1.57. The Hall–Kier alpha value is -2.43. The van der Waals surface area contributed by atoms with Crippen molar-refractivity contribution in [1.29, 1.82) is 0 Å². The van der Waals surface area contributed by atoms with E-state index in [2.05, 4.69) is 37.7 Å². The van der Waals surface area contributed by atoms with E-state index in [1.54, 1.807) is 19.2 Å². The fourth-order valence-corrected chi connectivity index (χ4v) is 2.42. The van der Waals surface area contributed by atoms with Crippen molar-refractivity contribution in [3.8, 4) is 0 Å². The highest BCUT2D eigenvalue weighted by Crippen LogP contribution is 2.06. The van der Waals surface area contributed by atoms with E-state index in [1.807, 2.05) is 36.7 Å². The molecule has 2 rings (SSSR count). The summed E-state index contributed by atoms with van der Waals surface area (Å²) in [4.78, 5) is 16.3. The van der Waals surface area contributed by atoms with Crippen LogP contribution in [0.1, 0.15) is 27.6 Å². The molecule has 0 bridgehead atoms. The van der Waals surface area contributed by atoms with Crippen LogP contribution in [-0.2, 0) is 20.0 Å². The Morgan fingerprint density at radius 1 is 1.32 bits per heavy atom. The Labute approximate surface area is 182 Å². The second-order valence-electron chi connectivity index (χ2n) is 6.01. The molecule has 0 aliphatic heterocycles. The number of carbonyl (C=O) groups is 1. The molecule has 0 atom stereocenters. The number of nitrogens with one attached hydrogen (secondary N) is 3. The van der Waals surface area contributed by atoms with E-state index in [0.29, 0.717) is 31.2 Å². The minimum atomic E-state index is -0.0846. The molecule has 0 saturated heterocycles. The van der Waals surface area contributed by atoms with E-state index in [4.69, 9.17) is 0 Å². The molecule has 2 aromatic rings. The molecule has 1 aromatic heterocycles. The van der Waals surface area contributed by atoms with Crippen molar-refractivity contribution in [2.75, 3.05) is 20.1 Å². The molecule has 0 aliphatic carbocycles. The molecule has 0 fully saturated rings. The molecular weight excluding hydrogens is 469 g/mol. The minimum absolute atomic E-state index is 0. The van der Waals surface area contributed by atoms with Gasteiger partial charge in [0.2, 0.25) is 0 Å². The molecule has 1 aromatic carbocycles. The van der Waals surface area contributed by atoms with Gasteiger partial charge in [0.15, 0.2) is 11.8 Å². The molecule has 1 amide bonds. The number of rotatable bonds is 8. The molecule has 28 heavy (non-hydrogen) atoms. The Morgan fingerprint density at radius 2 is 2.11 bits per heavy atom. The number of amides is 1. The Kier molecular flexibility index (Phi) is 10.2. The summed E-state index contributed by atoms with van der Waals surface area (Å²) < 4.78 is 1.92. The molecule has 0 radical (unpaired) electrons. The van der Waals surface area contributed by atoms with Crippen LogP contribution >= 0.6 is 24.0 Å². The third kappa shape index (κ3) is 6.95. The number of carbonyl (C=O) groups excluding carboxylic acids is 1. The van der Waals surface area contributed by atoms with Crippen molar-refractivity contribution in [1.82, 2.24) is 30.7 Å². The molecule has 1 heterocycles. The van der Waals surface area contributed by atoms with E-state index in [0.717, 1.165) is 23.6 Å². The molecule has 8 nitrogen and oxygen atoms in total. The summed E-state index contributed by atoms with van der Waals surface area (Å²) in [6.07, 6.45) is 2.54. The fourth-order valence-electron chi connectivity index (χ4n) is 2.42. The first-order valence-electron chi connectivity index (χ1n) is 8.84. The van der Waals surface area contributed by atoms with Gasteiger partial charge in [-0.1, -0.05) is 18.2 Å². The number of hydrogen-bond donors (Lipinski definition) is 3. The number of aromatic nitrogens is 3. The molecule has 0 aliphatic rings. The molecule has 9 heteroatoms. The Bertz CT molecular complexity index is 816. The maximum absolute atomic E-state index is 11.7. The summed E-state index contributed by atoms with van der Waals surface area (Å²) in [5.74, 6) is 2.24. The number of hydrogen-bond acceptors (Lipinski definition) is 4. The summed E-state index contributed by atoms with van der Waals surface area (Å²) in [5.41, 5.74) is 1.74. The van der Waals surface area contributed by atoms with Crippen LogP contribution in [0.4, 0.5) is 0 Å². The van der Waals surface area contributed by atoms with Crippen molar-refractivity contribution in [3.63, 3.8) is 0 Å². The Balaban J connectivity index is 0.00000392. The van der Waals surface area contributed by atoms with Crippen molar-refractivity contribution < 1.29 is 4.79 Å². The van der Waals surface area contributed by atoms with Gasteiger partial charge in [-0.2, -0.15) is 0 Å². The average molecular weight is 497 g/mol. The molecule has 3 N–H and O–H groups in total. The van der Waals surface area contributed by atoms with E-state index in [9.17, 15) is 4.79 Å². The summed E-state index contributed by atoms with van der Waals surface area (Å²) in [6.45, 7) is 7.34. The first-order valence-corrected chi connectivity index (χ1v) is 8.84. The van der Waals surface area contributed by atoms with E-state index in [-0.39, 0.29) is 29.9 Å². The van der Waals surface area contributed by atoms with Crippen LogP contribution in [-0.4, -0.2) is 46.8 Å². The van der Waals surface area contributed by atoms with Crippen LogP contribution in [0.5, 0.6) is 0 Å². The number of benzene rings is 1. The van der Waals surface area contributed by atoms with Crippen molar-refractivity contribution in [2.24, 2.45) is 12.0 Å². The molecule has 0 saturated carbocycles. The minimum Gasteiger partial charge on any atom is -0.356 e. The summed E-state index contributed by atoms with van der Waals surface area (Å²) >= 11 is 0. The first kappa shape index (κ1) is 23.6. The Morgan fingerprint density at radius 3 is 2.75 bits per heavy atom. The summed E-state index contributed by atoms with van der Waals surface area (Å²) in [5, 5.41) is 17.3. The van der Waals surface area contributed by atoms with Gasteiger partial charge in [-0.05, 0) is 31.0 Å². The normalized spacial score (nSPS) is 10.8. The van der Waals surface area contributed by atoms with E-state index < -0.39 is 0 Å². The molecule has 0 unspecified atom stereocenters. The van der Waals surface area contributed by atoms with Crippen LogP contribution in [0.25, 0.3) is 0 Å². The van der Waals surface area contributed by atoms with Crippen LogP contribution in [0.2, 0.25) is 0 Å². The van der Waals surface area contributed by atoms with Gasteiger partial charge >= 0.3 is 0 Å². The third-order valence-electron chi connectivity index (χ3n) is 4.10. The van der Waals surface area contributed by atoms with Crippen LogP contribution in [0.15, 0.2) is 41.9 Å². The highest BCUT2D eigenvalue weighted by atomic mass is 127. The second-order valence-corrected chi connectivity index (χ2v) is 6.01. The SMILES string of the molecule is C=CCNC(=NCc1nnc(C)n1C)NCCc1cccc(C(=O)NC)c1.I. The maximum Gasteiger partial charge on any atom is 0.251 e. The summed E-state index contributed by atoms with van der Waals surface area (Å²) in [6, 6.07) is 7.60. The van der Waals surface area contributed by atoms with Gasteiger partial charge in [-0.25, -0.2) is 4.99 Å². The molecule has 152 valence electrons. The first-order chi connectivity index (χ1) is 13.0. The number of nitrogens with zero attached hydrogens (tertiary/aromatic N) is 4. The van der Waals surface area contributed by atoms with Crippen molar-refractivity contribution in [2.45, 2.75) is 19.9 Å². The van der Waals surface area contributed by atoms with Gasteiger partial charge in [-0.3, -0.25) is 4.79 Å². The smallest absolute Gasteiger partial charge is 0.251 e. The monoisotopic (exact) mass is 497 g/mol. The van der Waals surface area contributed by atoms with Crippen molar-refractivity contribution >= 4 is 35.8 Å². The lowest BCUT2D eigenvalue weighted by atomic mass is 10.1. The third-order valence-corrected chi connectivity index (χ3v) is 4.10. The standard InChI is InChI=1S/C19H27N7O.HI/c1-5-10-21-19(23-13-17-25-24-14(2)26(17)4)22-11-9-15-7-6-8-16(12-15)18(27)20-3;/h5-8,12H,1,9-11,13H2,2-4H3,(H,20,27)(H2,21,22,23);1H. The van der Waals surface area contributed by atoms with Crippen LogP contribution in [0, 0.1) is 6.92 Å². The molecule has 0 spiro atoms. The number of aryl methyl sites for hydroxylation is 1. The van der Waals surface area contributed by atoms with Gasteiger partial charge in [0.25, 0.3) is 5.91 Å². The average Bonchev–Trinajstić information content (AvgIpc) is 3.01. The van der Waals surface area contributed by atoms with E-state index in [1.165, 1.54) is 0 Å². The van der Waals surface area contributed by atoms with Gasteiger partial charge < -0.3 is 20.5 Å². The zero-order chi connectivity index (χ0) is 19.6. The zero-order valence-electron chi connectivity index (χ0n) is 16.5. The van der Waals surface area contributed by atoms with Crippen LogP contribution in [0.3, 0.4) is 0 Å². The van der Waals surface area contributed by atoms with Gasteiger partial charge in [0.1, 0.15) is 12.4 Å². The summed E-state index contributed by atoms with van der Waals surface area (Å²) in [7, 11) is 3.55. The van der Waals surface area contributed by atoms with Crippen molar-refractivity contribution in [3.05, 3.63) is 59.7 Å². The lowest BCUT2D eigenvalue weighted by Gasteiger charge is -2.12. The predicted molar refractivity (Wildman–Crippen MR) is 122 cm³/mol. The van der Waals surface area contributed by atoms with E-state index >= 15 is 0 Å². The van der Waals surface area contributed by atoms with Gasteiger partial charge in [0.05, 0.1) is 0 Å². The number of aliphatic imine (C=N–C) groups is 1. The number of halogens is 1. The van der Waals surface area contributed by atoms with Gasteiger partial charge in [0, 0.05) is 32.7 Å². The topological polar surface area (TPSA) is 96.2 Å². The quantitative estimate of drug-likeness (QED) is 0.223. The lowest BCUT2D eigenvalue weighted by Crippen LogP contribution is -2.38. The van der Waals surface area contributed by atoms with Crippen LogP contribution < -0.4 is 16.0 Å². The highest BCUT2D eigenvalue weighted by Gasteiger charge is 2.06. The second kappa shape index (κ2) is 12.1. The lowest BCUT2D eigenvalue weighted by molar-refractivity contribution is 0.0963. The maximum atomic E-state index is 11.7. The van der Waals surface area contributed by atoms with Gasteiger partial charge in [-0.15, -0.1) is 40.8 Å². The molecular formula is C19H28IN7O. The number of guanidine groups is 1. The highest BCUT2D eigenvalue weighted by molar-refractivity contribution is 14.0. The zero-order valence-corrected chi connectivity index (χ0v) is 18.9. The fraction of sp³-hybridized carbons (Fsp3) is 0.368.